The number of hydrogen-bond donors (Lipinski definition) is 1. The predicted molar refractivity (Wildman–Crippen MR) is 35.5 cm³/mol. The van der Waals surface area contributed by atoms with Gasteiger partial charge in [-0.3, -0.25) is 0 Å². The molecule has 0 amide bonds. The van der Waals surface area contributed by atoms with Crippen LogP contribution < -0.4 is 0 Å². The summed E-state index contributed by atoms with van der Waals surface area (Å²) >= 11 is 0. The van der Waals surface area contributed by atoms with Crippen LogP contribution in [0.4, 0.5) is 0 Å². The Hall–Kier alpha value is -0.0800. The first-order chi connectivity index (χ1) is 4.79. The van der Waals surface area contributed by atoms with Gasteiger partial charge >= 0.3 is 0 Å². The van der Waals surface area contributed by atoms with Gasteiger partial charge in [0.15, 0.2) is 0 Å². The van der Waals surface area contributed by atoms with E-state index >= 15 is 0 Å². The fourth-order valence-electron chi connectivity index (χ4n) is 3.04. The maximum Gasteiger partial charge on any atom is 0.0866 e. The van der Waals surface area contributed by atoms with Gasteiger partial charge in [-0.15, -0.1) is 0 Å². The number of methoxy groups -OCH3 is 1. The molecule has 3 rings (SSSR count). The fourth-order valence-corrected chi connectivity index (χ4v) is 3.04. The molecule has 3 saturated carbocycles. The van der Waals surface area contributed by atoms with Crippen LogP contribution in [0.1, 0.15) is 12.8 Å². The summed E-state index contributed by atoms with van der Waals surface area (Å²) in [6.45, 7) is 0. The topological polar surface area (TPSA) is 29.5 Å². The van der Waals surface area contributed by atoms with Gasteiger partial charge in [0.2, 0.25) is 0 Å². The molecule has 10 heavy (non-hydrogen) atoms. The summed E-state index contributed by atoms with van der Waals surface area (Å²) in [5, 5.41) is 9.57. The van der Waals surface area contributed by atoms with Crippen molar-refractivity contribution in [2.45, 2.75) is 25.0 Å². The van der Waals surface area contributed by atoms with Gasteiger partial charge in [-0.1, -0.05) is 0 Å². The Balaban J connectivity index is 1.90. The molecule has 0 aromatic carbocycles. The summed E-state index contributed by atoms with van der Waals surface area (Å²) in [5.41, 5.74) is 0.597. The molecule has 2 heteroatoms. The Morgan fingerprint density at radius 2 is 2.10 bits per heavy atom. The summed E-state index contributed by atoms with van der Waals surface area (Å²) < 4.78 is 5.22. The van der Waals surface area contributed by atoms with Gasteiger partial charge in [0.05, 0.1) is 12.2 Å². The van der Waals surface area contributed by atoms with Gasteiger partial charge in [0.1, 0.15) is 0 Å². The lowest BCUT2D eigenvalue weighted by Crippen LogP contribution is -2.28. The summed E-state index contributed by atoms with van der Waals surface area (Å²) in [5.74, 6) is 1.33. The number of aliphatic hydroxyl groups excluding tert-OH is 1. The number of hydrogen-bond acceptors (Lipinski definition) is 2. The van der Waals surface area contributed by atoms with Crippen molar-refractivity contribution >= 4 is 0 Å². The van der Waals surface area contributed by atoms with E-state index < -0.39 is 0 Å². The highest BCUT2D eigenvalue weighted by atomic mass is 16.5. The molecule has 3 fully saturated rings. The van der Waals surface area contributed by atoms with E-state index in [0.29, 0.717) is 11.3 Å². The molecule has 0 radical (unpaired) electrons. The molecule has 0 heterocycles. The van der Waals surface area contributed by atoms with Crippen LogP contribution in [0.2, 0.25) is 0 Å². The highest BCUT2D eigenvalue weighted by Gasteiger charge is 2.80. The third-order valence-electron chi connectivity index (χ3n) is 3.77. The minimum Gasteiger partial charge on any atom is -0.390 e. The van der Waals surface area contributed by atoms with E-state index in [0.717, 1.165) is 5.92 Å². The van der Waals surface area contributed by atoms with Crippen LogP contribution in [0.3, 0.4) is 0 Å². The molecule has 0 aromatic heterocycles. The van der Waals surface area contributed by atoms with Crippen molar-refractivity contribution in [1.82, 2.24) is 0 Å². The second-order valence-electron chi connectivity index (χ2n) is 4.05. The third kappa shape index (κ3) is 0.372. The van der Waals surface area contributed by atoms with Crippen molar-refractivity contribution in [1.29, 1.82) is 0 Å². The van der Waals surface area contributed by atoms with Crippen LogP contribution in [0.15, 0.2) is 0 Å². The lowest BCUT2D eigenvalue weighted by atomic mass is 10.1. The molecule has 3 aliphatic rings. The first-order valence-corrected chi connectivity index (χ1v) is 4.00. The van der Waals surface area contributed by atoms with Crippen molar-refractivity contribution in [2.75, 3.05) is 7.11 Å². The third-order valence-corrected chi connectivity index (χ3v) is 3.77. The summed E-state index contributed by atoms with van der Waals surface area (Å²) in [6.07, 6.45) is 2.65. The van der Waals surface area contributed by atoms with Crippen molar-refractivity contribution in [3.63, 3.8) is 0 Å². The molecule has 2 nitrogen and oxygen atoms in total. The van der Waals surface area contributed by atoms with Crippen LogP contribution in [0, 0.1) is 17.3 Å². The Labute approximate surface area is 60.2 Å². The fraction of sp³-hybridized carbons (Fsp3) is 1.00. The predicted octanol–water partition coefficient (Wildman–Crippen LogP) is 0.402. The Morgan fingerprint density at radius 3 is 2.50 bits per heavy atom. The van der Waals surface area contributed by atoms with Crippen LogP contribution >= 0.6 is 0 Å². The van der Waals surface area contributed by atoms with E-state index in [9.17, 15) is 5.11 Å². The zero-order chi connectivity index (χ0) is 6.93. The van der Waals surface area contributed by atoms with Crippen LogP contribution in [-0.4, -0.2) is 24.4 Å². The highest BCUT2D eigenvalue weighted by Crippen LogP contribution is 2.82. The van der Waals surface area contributed by atoms with Crippen molar-refractivity contribution in [3.05, 3.63) is 0 Å². The maximum absolute atomic E-state index is 9.57. The van der Waals surface area contributed by atoms with Crippen molar-refractivity contribution in [3.8, 4) is 0 Å². The Kier molecular flexibility index (Phi) is 0.710. The van der Waals surface area contributed by atoms with Gasteiger partial charge in [0, 0.05) is 7.11 Å². The molecular weight excluding hydrogens is 128 g/mol. The van der Waals surface area contributed by atoms with E-state index in [-0.39, 0.29) is 12.2 Å². The minimum atomic E-state index is -0.135. The molecule has 1 spiro atoms. The average molecular weight is 140 g/mol. The summed E-state index contributed by atoms with van der Waals surface area (Å²) in [7, 11) is 1.71. The van der Waals surface area contributed by atoms with Crippen molar-refractivity contribution in [2.24, 2.45) is 17.3 Å². The van der Waals surface area contributed by atoms with E-state index in [1.54, 1.807) is 7.11 Å². The van der Waals surface area contributed by atoms with Gasteiger partial charge in [0.25, 0.3) is 0 Å². The molecule has 0 aliphatic heterocycles. The number of rotatable bonds is 1. The molecule has 5 atom stereocenters. The van der Waals surface area contributed by atoms with Gasteiger partial charge in [-0.2, -0.15) is 0 Å². The molecule has 3 aliphatic carbocycles. The first-order valence-electron chi connectivity index (χ1n) is 4.00. The smallest absolute Gasteiger partial charge is 0.0866 e. The largest absolute Gasteiger partial charge is 0.390 e. The molecule has 0 saturated heterocycles. The molecule has 0 aromatic rings. The molecule has 5 unspecified atom stereocenters. The van der Waals surface area contributed by atoms with Gasteiger partial charge in [-0.05, 0) is 30.1 Å². The van der Waals surface area contributed by atoms with Crippen LogP contribution in [-0.2, 0) is 4.74 Å². The first kappa shape index (κ1) is 5.56. The lowest BCUT2D eigenvalue weighted by Gasteiger charge is -2.17. The molecule has 1 N–H and O–H groups in total. The van der Waals surface area contributed by atoms with Crippen LogP contribution in [0.25, 0.3) is 0 Å². The van der Waals surface area contributed by atoms with Crippen molar-refractivity contribution < 1.29 is 9.84 Å². The normalized spacial score (nSPS) is 69.0. The van der Waals surface area contributed by atoms with Gasteiger partial charge in [-0.25, -0.2) is 0 Å². The standard InChI is InChI=1S/C8H12O2/c1-10-7-5-3-8(5)2-4(8)6(7)9/h4-7,9H,2-3H2,1H3. The van der Waals surface area contributed by atoms with E-state index in [1.165, 1.54) is 12.8 Å². The minimum absolute atomic E-state index is 0.135. The van der Waals surface area contributed by atoms with E-state index in [4.69, 9.17) is 4.74 Å². The van der Waals surface area contributed by atoms with Crippen LogP contribution in [0.5, 0.6) is 0 Å². The second-order valence-corrected chi connectivity index (χ2v) is 4.05. The highest BCUT2D eigenvalue weighted by molar-refractivity contribution is 5.29. The second kappa shape index (κ2) is 1.28. The average Bonchev–Trinajstić information content (AvgIpc) is 2.75. The Morgan fingerprint density at radius 1 is 1.40 bits per heavy atom. The molecule has 56 valence electrons. The Bertz CT molecular complexity index is 190. The lowest BCUT2D eigenvalue weighted by molar-refractivity contribution is -0.0201. The molecular formula is C8H12O2. The van der Waals surface area contributed by atoms with E-state index in [1.807, 2.05) is 0 Å². The molecule has 0 bridgehead atoms. The zero-order valence-corrected chi connectivity index (χ0v) is 6.08. The van der Waals surface area contributed by atoms with Gasteiger partial charge < -0.3 is 9.84 Å². The quantitative estimate of drug-likeness (QED) is 0.571. The number of aliphatic hydroxyl groups is 1. The maximum atomic E-state index is 9.57. The monoisotopic (exact) mass is 140 g/mol. The zero-order valence-electron chi connectivity index (χ0n) is 6.08. The summed E-state index contributed by atoms with van der Waals surface area (Å²) in [6, 6.07) is 0. The number of ether oxygens (including phenoxy) is 1. The SMILES string of the molecule is COC1C(O)C2CC23CC13. The van der Waals surface area contributed by atoms with E-state index in [2.05, 4.69) is 0 Å². The summed E-state index contributed by atoms with van der Waals surface area (Å²) in [4.78, 5) is 0.